The number of carbonyl (C=O) groups is 1. The Hall–Kier alpha value is -4.23. The molecule has 1 atom stereocenters. The van der Waals surface area contributed by atoms with Gasteiger partial charge in [0.1, 0.15) is 29.1 Å². The zero-order valence-electron chi connectivity index (χ0n) is 18.9. The number of fused-ring (bicyclic) bond motifs is 2. The molecule has 1 saturated carbocycles. The summed E-state index contributed by atoms with van der Waals surface area (Å²) in [6.07, 6.45) is -2.09. The molecule has 6 rings (SSSR count). The van der Waals surface area contributed by atoms with Crippen molar-refractivity contribution in [1.82, 2.24) is 29.5 Å². The molecule has 3 aromatic heterocycles. The molecule has 14 heteroatoms. The van der Waals surface area contributed by atoms with Crippen LogP contribution in [0, 0.1) is 17.6 Å². The molecule has 37 heavy (non-hydrogen) atoms. The number of nitrogens with one attached hydrogen (secondary N) is 1. The van der Waals surface area contributed by atoms with Gasteiger partial charge in [-0.05, 0) is 36.5 Å². The molecule has 1 aliphatic carbocycles. The molecule has 4 heterocycles. The fourth-order valence-electron chi connectivity index (χ4n) is 4.98. The maximum atomic E-state index is 14.2. The van der Waals surface area contributed by atoms with E-state index in [4.69, 9.17) is 5.73 Å². The van der Waals surface area contributed by atoms with Crippen LogP contribution >= 0.6 is 0 Å². The molecule has 0 spiro atoms. The van der Waals surface area contributed by atoms with E-state index >= 15 is 0 Å². The number of aryl methyl sites for hydroxylation is 1. The number of nitrogens with zero attached hydrogens (tertiary/aromatic N) is 6. The summed E-state index contributed by atoms with van der Waals surface area (Å²) in [6, 6.07) is 3.26. The lowest BCUT2D eigenvalue weighted by Crippen LogP contribution is -2.38. The molecule has 1 aromatic carbocycles. The normalized spacial score (nSPS) is 19.3. The van der Waals surface area contributed by atoms with Crippen molar-refractivity contribution >= 4 is 23.2 Å². The van der Waals surface area contributed by atoms with Crippen LogP contribution in [0.15, 0.2) is 30.7 Å². The van der Waals surface area contributed by atoms with Crippen molar-refractivity contribution in [2.75, 3.05) is 11.1 Å². The van der Waals surface area contributed by atoms with Crippen LogP contribution in [-0.4, -0.2) is 41.6 Å². The second kappa shape index (κ2) is 7.88. The monoisotopic (exact) mass is 516 g/mol. The van der Waals surface area contributed by atoms with Gasteiger partial charge in [-0.2, -0.15) is 18.3 Å². The van der Waals surface area contributed by atoms with Crippen LogP contribution in [0.2, 0.25) is 0 Å². The molecule has 3 N–H and O–H groups in total. The van der Waals surface area contributed by atoms with Gasteiger partial charge in [0.05, 0.1) is 17.5 Å². The highest BCUT2D eigenvalue weighted by Gasteiger charge is 2.59. The van der Waals surface area contributed by atoms with Crippen LogP contribution in [0.5, 0.6) is 0 Å². The Morgan fingerprint density at radius 1 is 1.14 bits per heavy atom. The third-order valence-electron chi connectivity index (χ3n) is 6.69. The first kappa shape index (κ1) is 23.2. The molecule has 0 radical (unpaired) electrons. The van der Waals surface area contributed by atoms with Crippen LogP contribution in [-0.2, 0) is 16.6 Å². The number of aromatic nitrogens is 6. The largest absolute Gasteiger partial charge is 0.389 e. The SMILES string of the molecule is Nc1nc(-c2cn3ncnc3c(CCC(F)(F)F)n2)nc2c1C(c1ccc(F)c(F)c1)(C1CC1)C(=O)N2. The molecule has 1 amide bonds. The number of carbonyl (C=O) groups excluding carboxylic acids is 1. The standard InChI is InChI=1S/C23H17F5N8O/c24-12-4-3-11(7-13(12)25)23(10-1-2-10)16-17(29)33-18(34-19(16)35-21(23)37)15-8-36-20(30-9-31-36)14(32-15)5-6-22(26,27)28/h3-4,7-10H,1-2,5-6H2,(H3,29,33,34,35,37). The topological polar surface area (TPSA) is 124 Å². The van der Waals surface area contributed by atoms with Crippen molar-refractivity contribution in [2.45, 2.75) is 37.3 Å². The summed E-state index contributed by atoms with van der Waals surface area (Å²) < 4.78 is 67.7. The fraction of sp³-hybridized carbons (Fsp3) is 0.304. The van der Waals surface area contributed by atoms with Crippen LogP contribution < -0.4 is 11.1 Å². The van der Waals surface area contributed by atoms with Crippen molar-refractivity contribution < 1.29 is 26.7 Å². The summed E-state index contributed by atoms with van der Waals surface area (Å²) >= 11 is 0. The van der Waals surface area contributed by atoms with Gasteiger partial charge >= 0.3 is 6.18 Å². The fourth-order valence-corrected chi connectivity index (χ4v) is 4.98. The summed E-state index contributed by atoms with van der Waals surface area (Å²) in [7, 11) is 0. The lowest BCUT2D eigenvalue weighted by molar-refractivity contribution is -0.134. The average molecular weight is 516 g/mol. The Balaban J connectivity index is 1.48. The van der Waals surface area contributed by atoms with Crippen molar-refractivity contribution in [3.63, 3.8) is 0 Å². The number of alkyl halides is 3. The summed E-state index contributed by atoms with van der Waals surface area (Å²) in [6.45, 7) is 0. The van der Waals surface area contributed by atoms with Gasteiger partial charge in [0.15, 0.2) is 23.1 Å². The number of hydrogen-bond acceptors (Lipinski definition) is 7. The highest BCUT2D eigenvalue weighted by Crippen LogP contribution is 2.57. The van der Waals surface area contributed by atoms with Gasteiger partial charge in [0.2, 0.25) is 5.91 Å². The third kappa shape index (κ3) is 3.65. The van der Waals surface area contributed by atoms with Gasteiger partial charge < -0.3 is 11.1 Å². The number of anilines is 2. The van der Waals surface area contributed by atoms with Crippen molar-refractivity contribution in [3.05, 3.63) is 59.2 Å². The number of halogens is 5. The van der Waals surface area contributed by atoms with Crippen molar-refractivity contribution in [3.8, 4) is 11.5 Å². The summed E-state index contributed by atoms with van der Waals surface area (Å²) in [5.41, 5.74) is 5.66. The second-order valence-electron chi connectivity index (χ2n) is 9.04. The average Bonchev–Trinajstić information content (AvgIpc) is 3.48. The maximum absolute atomic E-state index is 14.2. The summed E-state index contributed by atoms with van der Waals surface area (Å²) in [4.78, 5) is 30.4. The lowest BCUT2D eigenvalue weighted by atomic mass is 9.71. The second-order valence-corrected chi connectivity index (χ2v) is 9.04. The van der Waals surface area contributed by atoms with E-state index in [9.17, 15) is 26.7 Å². The Kier molecular flexibility index (Phi) is 4.94. The van der Waals surface area contributed by atoms with E-state index in [-0.39, 0.29) is 51.5 Å². The van der Waals surface area contributed by atoms with Crippen LogP contribution in [0.3, 0.4) is 0 Å². The van der Waals surface area contributed by atoms with Gasteiger partial charge in [-0.15, -0.1) is 0 Å². The molecule has 1 aliphatic heterocycles. The number of rotatable bonds is 5. The maximum Gasteiger partial charge on any atom is 0.389 e. The van der Waals surface area contributed by atoms with E-state index in [2.05, 4.69) is 30.4 Å². The van der Waals surface area contributed by atoms with Crippen molar-refractivity contribution in [1.29, 1.82) is 0 Å². The highest BCUT2D eigenvalue weighted by molar-refractivity contribution is 6.10. The lowest BCUT2D eigenvalue weighted by Gasteiger charge is -2.28. The predicted molar refractivity (Wildman–Crippen MR) is 119 cm³/mol. The summed E-state index contributed by atoms with van der Waals surface area (Å²) in [5.74, 6) is -2.96. The number of benzene rings is 1. The Morgan fingerprint density at radius 2 is 1.92 bits per heavy atom. The minimum atomic E-state index is -4.40. The van der Waals surface area contributed by atoms with E-state index < -0.39 is 42.0 Å². The molecule has 2 aliphatic rings. The molecule has 0 saturated heterocycles. The van der Waals surface area contributed by atoms with E-state index in [1.807, 2.05) is 0 Å². The first-order chi connectivity index (χ1) is 17.6. The van der Waals surface area contributed by atoms with Gasteiger partial charge in [-0.25, -0.2) is 33.2 Å². The van der Waals surface area contributed by atoms with Gasteiger partial charge in [0, 0.05) is 12.8 Å². The van der Waals surface area contributed by atoms with Crippen LogP contribution in [0.4, 0.5) is 33.6 Å². The summed E-state index contributed by atoms with van der Waals surface area (Å²) in [5, 5.41) is 6.68. The molecule has 1 fully saturated rings. The quantitative estimate of drug-likeness (QED) is 0.389. The van der Waals surface area contributed by atoms with E-state index in [0.717, 1.165) is 12.1 Å². The smallest absolute Gasteiger partial charge is 0.383 e. The molecule has 9 nitrogen and oxygen atoms in total. The number of amides is 1. The van der Waals surface area contributed by atoms with E-state index in [1.165, 1.54) is 23.1 Å². The number of nitrogen functional groups attached to an aromatic ring is 1. The first-order valence-electron chi connectivity index (χ1n) is 11.3. The van der Waals surface area contributed by atoms with Gasteiger partial charge in [0.25, 0.3) is 0 Å². The van der Waals surface area contributed by atoms with Crippen LogP contribution in [0.25, 0.3) is 17.2 Å². The first-order valence-corrected chi connectivity index (χ1v) is 11.3. The Labute approximate surface area is 205 Å². The molecular weight excluding hydrogens is 499 g/mol. The third-order valence-corrected chi connectivity index (χ3v) is 6.69. The van der Waals surface area contributed by atoms with Crippen molar-refractivity contribution in [2.24, 2.45) is 5.92 Å². The van der Waals surface area contributed by atoms with Gasteiger partial charge in [-0.3, -0.25) is 4.79 Å². The highest BCUT2D eigenvalue weighted by atomic mass is 19.4. The number of nitrogens with two attached hydrogens (primary N) is 1. The number of hydrogen-bond donors (Lipinski definition) is 2. The zero-order valence-corrected chi connectivity index (χ0v) is 18.9. The zero-order chi connectivity index (χ0) is 26.1. The minimum absolute atomic E-state index is 0.0353. The molecule has 4 aromatic rings. The molecule has 1 unspecified atom stereocenters. The van der Waals surface area contributed by atoms with E-state index in [0.29, 0.717) is 12.8 Å². The molecule has 0 bridgehead atoms. The Morgan fingerprint density at radius 3 is 2.62 bits per heavy atom. The molecule has 190 valence electrons. The Bertz CT molecular complexity index is 1580. The van der Waals surface area contributed by atoms with E-state index in [1.54, 1.807) is 0 Å². The molecular formula is C23H17F5N8O. The predicted octanol–water partition coefficient (Wildman–Crippen LogP) is 3.58. The van der Waals surface area contributed by atoms with Crippen LogP contribution in [0.1, 0.15) is 36.1 Å². The van der Waals surface area contributed by atoms with Gasteiger partial charge in [-0.1, -0.05) is 6.07 Å². The minimum Gasteiger partial charge on any atom is -0.383 e.